The molecule has 0 spiro atoms. The zero-order valence-electron chi connectivity index (χ0n) is 34.5. The summed E-state index contributed by atoms with van der Waals surface area (Å²) in [6.45, 7) is 0. The van der Waals surface area contributed by atoms with Crippen LogP contribution in [0.4, 0.5) is 17.1 Å². The van der Waals surface area contributed by atoms with Crippen molar-refractivity contribution in [1.82, 2.24) is 0 Å². The van der Waals surface area contributed by atoms with E-state index in [4.69, 9.17) is 4.42 Å². The highest BCUT2D eigenvalue weighted by atomic mass is 16.3. The summed E-state index contributed by atoms with van der Waals surface area (Å²) in [5.74, 6) is 0. The SMILES string of the molecule is c1ccc(-c2ccc(-c3ccccc3N(c3ccc(-c4ccc5oc6ccccc6c5c4)cc3)c3ccc4c(c3)C(c3ccccc3)(c3ccccc3)c3ccccc3-4)cc2)cc1. The lowest BCUT2D eigenvalue weighted by Crippen LogP contribution is -2.28. The minimum Gasteiger partial charge on any atom is -0.456 e. The molecule has 1 aliphatic rings. The van der Waals surface area contributed by atoms with Gasteiger partial charge >= 0.3 is 0 Å². The molecule has 0 fully saturated rings. The first-order chi connectivity index (χ1) is 31.2. The van der Waals surface area contributed by atoms with Crippen molar-refractivity contribution in [2.45, 2.75) is 5.41 Å². The predicted octanol–water partition coefficient (Wildman–Crippen LogP) is 16.4. The molecule has 0 unspecified atom stereocenters. The molecule has 63 heavy (non-hydrogen) atoms. The van der Waals surface area contributed by atoms with E-state index in [1.165, 1.54) is 44.5 Å². The van der Waals surface area contributed by atoms with Gasteiger partial charge in [-0.3, -0.25) is 0 Å². The minimum absolute atomic E-state index is 0.525. The topological polar surface area (TPSA) is 16.4 Å². The molecule has 0 N–H and O–H groups in total. The summed E-state index contributed by atoms with van der Waals surface area (Å²) in [6.07, 6.45) is 0. The van der Waals surface area contributed by atoms with E-state index in [-0.39, 0.29) is 0 Å². The molecule has 0 aliphatic heterocycles. The maximum atomic E-state index is 6.19. The molecule has 296 valence electrons. The second-order valence-electron chi connectivity index (χ2n) is 16.4. The molecule has 10 aromatic carbocycles. The Bertz CT molecular complexity index is 3380. The molecule has 1 aliphatic carbocycles. The van der Waals surface area contributed by atoms with Gasteiger partial charge in [0, 0.05) is 27.7 Å². The lowest BCUT2D eigenvalue weighted by molar-refractivity contribution is 0.669. The van der Waals surface area contributed by atoms with Crippen molar-refractivity contribution < 1.29 is 4.42 Å². The molecule has 12 rings (SSSR count). The maximum Gasteiger partial charge on any atom is 0.135 e. The van der Waals surface area contributed by atoms with E-state index in [1.807, 2.05) is 12.1 Å². The van der Waals surface area contributed by atoms with Gasteiger partial charge in [-0.25, -0.2) is 0 Å². The molecule has 1 aromatic heterocycles. The van der Waals surface area contributed by atoms with Crippen LogP contribution in [-0.2, 0) is 5.41 Å². The molecule has 2 heteroatoms. The molecular formula is C61H41NO. The number of fused-ring (bicyclic) bond motifs is 6. The largest absolute Gasteiger partial charge is 0.456 e. The van der Waals surface area contributed by atoms with Gasteiger partial charge < -0.3 is 9.32 Å². The van der Waals surface area contributed by atoms with Crippen LogP contribution in [0.25, 0.3) is 66.4 Å². The molecule has 0 saturated carbocycles. The van der Waals surface area contributed by atoms with Crippen LogP contribution in [0.3, 0.4) is 0 Å². The van der Waals surface area contributed by atoms with Crippen molar-refractivity contribution in [3.05, 3.63) is 271 Å². The Labute approximate surface area is 367 Å². The van der Waals surface area contributed by atoms with Gasteiger partial charge in [0.25, 0.3) is 0 Å². The predicted molar refractivity (Wildman–Crippen MR) is 262 cm³/mol. The van der Waals surface area contributed by atoms with Crippen molar-refractivity contribution in [3.63, 3.8) is 0 Å². The Kier molecular flexibility index (Phi) is 8.76. The first-order valence-electron chi connectivity index (χ1n) is 21.7. The average Bonchev–Trinajstić information content (AvgIpc) is 3.89. The van der Waals surface area contributed by atoms with Gasteiger partial charge in [-0.2, -0.15) is 0 Å². The van der Waals surface area contributed by atoms with Crippen LogP contribution in [0, 0.1) is 0 Å². The normalized spacial score (nSPS) is 12.6. The number of anilines is 3. The molecular weight excluding hydrogens is 763 g/mol. The fourth-order valence-corrected chi connectivity index (χ4v) is 10.1. The first-order valence-corrected chi connectivity index (χ1v) is 21.7. The summed E-state index contributed by atoms with van der Waals surface area (Å²) in [5.41, 5.74) is 19.1. The highest BCUT2D eigenvalue weighted by Crippen LogP contribution is 2.57. The Morgan fingerprint density at radius 1 is 0.302 bits per heavy atom. The lowest BCUT2D eigenvalue weighted by atomic mass is 9.67. The highest BCUT2D eigenvalue weighted by Gasteiger charge is 2.46. The van der Waals surface area contributed by atoms with Crippen molar-refractivity contribution >= 4 is 39.0 Å². The number of furan rings is 1. The van der Waals surface area contributed by atoms with Crippen LogP contribution in [0.2, 0.25) is 0 Å². The van der Waals surface area contributed by atoms with Crippen LogP contribution in [0.15, 0.2) is 253 Å². The Hall–Kier alpha value is -8.20. The third-order valence-electron chi connectivity index (χ3n) is 13.0. The van der Waals surface area contributed by atoms with Gasteiger partial charge in [0.2, 0.25) is 0 Å². The van der Waals surface area contributed by atoms with Gasteiger partial charge in [-0.15, -0.1) is 0 Å². The molecule has 11 aromatic rings. The summed E-state index contributed by atoms with van der Waals surface area (Å²) >= 11 is 0. The van der Waals surface area contributed by atoms with E-state index < -0.39 is 5.41 Å². The number of nitrogens with zero attached hydrogens (tertiary/aromatic N) is 1. The molecule has 0 saturated heterocycles. The van der Waals surface area contributed by atoms with Crippen molar-refractivity contribution in [2.24, 2.45) is 0 Å². The molecule has 0 bridgehead atoms. The molecule has 0 atom stereocenters. The Morgan fingerprint density at radius 2 is 0.810 bits per heavy atom. The molecule has 1 heterocycles. The van der Waals surface area contributed by atoms with Crippen LogP contribution in [-0.4, -0.2) is 0 Å². The summed E-state index contributed by atoms with van der Waals surface area (Å²) in [7, 11) is 0. The third kappa shape index (κ3) is 6.02. The molecule has 0 amide bonds. The number of para-hydroxylation sites is 2. The van der Waals surface area contributed by atoms with Crippen LogP contribution < -0.4 is 4.90 Å². The third-order valence-corrected chi connectivity index (χ3v) is 13.0. The van der Waals surface area contributed by atoms with Crippen molar-refractivity contribution in [2.75, 3.05) is 4.90 Å². The lowest BCUT2D eigenvalue weighted by Gasteiger charge is -2.35. The van der Waals surface area contributed by atoms with E-state index in [1.54, 1.807) is 0 Å². The van der Waals surface area contributed by atoms with Crippen LogP contribution in [0.5, 0.6) is 0 Å². The second kappa shape index (κ2) is 15.1. The average molecular weight is 804 g/mol. The highest BCUT2D eigenvalue weighted by molar-refractivity contribution is 6.06. The Balaban J connectivity index is 1.05. The van der Waals surface area contributed by atoms with E-state index in [9.17, 15) is 0 Å². The summed E-state index contributed by atoms with van der Waals surface area (Å²) in [6, 6.07) is 90.4. The van der Waals surface area contributed by atoms with Gasteiger partial charge in [0.15, 0.2) is 0 Å². The van der Waals surface area contributed by atoms with Crippen molar-refractivity contribution in [1.29, 1.82) is 0 Å². The fourth-order valence-electron chi connectivity index (χ4n) is 10.1. The quantitative estimate of drug-likeness (QED) is 0.152. The van der Waals surface area contributed by atoms with Gasteiger partial charge in [-0.1, -0.05) is 200 Å². The van der Waals surface area contributed by atoms with E-state index in [2.05, 4.69) is 241 Å². The first kappa shape index (κ1) is 36.6. The molecule has 2 nitrogen and oxygen atoms in total. The Morgan fingerprint density at radius 3 is 1.56 bits per heavy atom. The number of hydrogen-bond donors (Lipinski definition) is 0. The monoisotopic (exact) mass is 803 g/mol. The van der Waals surface area contributed by atoms with E-state index in [0.29, 0.717) is 0 Å². The van der Waals surface area contributed by atoms with Crippen LogP contribution in [0.1, 0.15) is 22.3 Å². The maximum absolute atomic E-state index is 6.19. The summed E-state index contributed by atoms with van der Waals surface area (Å²) in [5, 5.41) is 2.26. The second-order valence-corrected chi connectivity index (χ2v) is 16.4. The summed E-state index contributed by atoms with van der Waals surface area (Å²) in [4.78, 5) is 2.45. The standard InChI is InChI=1S/C61H41NO/c1-4-16-42(17-5-1)43-28-30-45(31-29-43)51-22-11-14-26-58(51)62(49-35-32-44(33-36-49)46-34-39-60-55(40-46)54-24-12-15-27-59(54)63-60)50-37-38-53-52-23-10-13-25-56(52)61(57(53)41-50,47-18-6-2-7-19-47)48-20-8-3-9-21-48/h1-41H. The van der Waals surface area contributed by atoms with Crippen LogP contribution >= 0.6 is 0 Å². The van der Waals surface area contributed by atoms with Gasteiger partial charge in [0.1, 0.15) is 11.2 Å². The number of hydrogen-bond acceptors (Lipinski definition) is 2. The van der Waals surface area contributed by atoms with Crippen molar-refractivity contribution in [3.8, 4) is 44.5 Å². The fraction of sp³-hybridized carbons (Fsp3) is 0.0164. The van der Waals surface area contributed by atoms with Gasteiger partial charge in [0.05, 0.1) is 11.1 Å². The zero-order valence-corrected chi connectivity index (χ0v) is 34.5. The van der Waals surface area contributed by atoms with E-state index >= 15 is 0 Å². The summed E-state index contributed by atoms with van der Waals surface area (Å²) < 4.78 is 6.19. The minimum atomic E-state index is -0.525. The number of rotatable bonds is 8. The number of benzene rings is 10. The van der Waals surface area contributed by atoms with E-state index in [0.717, 1.165) is 61.3 Å². The zero-order chi connectivity index (χ0) is 41.7. The van der Waals surface area contributed by atoms with Gasteiger partial charge in [-0.05, 0) is 110 Å². The smallest absolute Gasteiger partial charge is 0.135 e. The molecule has 0 radical (unpaired) electrons.